The molecule has 0 bridgehead atoms. The van der Waals surface area contributed by atoms with E-state index >= 15 is 0 Å². The van der Waals surface area contributed by atoms with Crippen LogP contribution in [0.1, 0.15) is 32.6 Å². The van der Waals surface area contributed by atoms with Gasteiger partial charge in [-0.3, -0.25) is 19.4 Å². The molecule has 1 aromatic carbocycles. The van der Waals surface area contributed by atoms with Crippen LogP contribution in [0.15, 0.2) is 35.7 Å². The molecule has 0 radical (unpaired) electrons. The summed E-state index contributed by atoms with van der Waals surface area (Å²) >= 11 is 1.40. The molecule has 1 aliphatic rings. The lowest BCUT2D eigenvalue weighted by Crippen LogP contribution is -2.43. The van der Waals surface area contributed by atoms with Gasteiger partial charge in [-0.05, 0) is 6.42 Å². The maximum atomic E-state index is 13.0. The number of sulfone groups is 1. The second kappa shape index (κ2) is 12.2. The number of aromatic nitrogens is 1. The number of carbonyl (C=O) groups is 2. The highest BCUT2D eigenvalue weighted by molar-refractivity contribution is 7.91. The van der Waals surface area contributed by atoms with Crippen molar-refractivity contribution in [1.29, 1.82) is 0 Å². The summed E-state index contributed by atoms with van der Waals surface area (Å²) in [4.78, 5) is 33.2. The predicted molar refractivity (Wildman–Crippen MR) is 130 cm³/mol. The standard InChI is InChI=1S/C23H31N3O5S2/c1-2-3-4-8-11-26(23-24-20(18-32-23)19-9-6-5-7-10-19)21(27)17-31-22(28)16-25-12-14-33(29,30)15-13-25/h5-7,9-10,18H,2-4,8,11-17H2,1H3. The quantitative estimate of drug-likeness (QED) is 0.351. The van der Waals surface area contributed by atoms with Gasteiger partial charge in [0.25, 0.3) is 5.91 Å². The van der Waals surface area contributed by atoms with E-state index in [1.807, 2.05) is 35.7 Å². The van der Waals surface area contributed by atoms with E-state index in [1.165, 1.54) is 11.3 Å². The molecule has 0 N–H and O–H groups in total. The van der Waals surface area contributed by atoms with Crippen molar-refractivity contribution in [3.8, 4) is 11.3 Å². The summed E-state index contributed by atoms with van der Waals surface area (Å²) in [6.45, 7) is 2.87. The second-order valence-electron chi connectivity index (χ2n) is 8.08. The highest BCUT2D eigenvalue weighted by Gasteiger charge is 2.25. The highest BCUT2D eigenvalue weighted by Crippen LogP contribution is 2.28. The number of thiazole rings is 1. The molecule has 0 unspecified atom stereocenters. The number of unbranched alkanes of at least 4 members (excludes halogenated alkanes) is 3. The van der Waals surface area contributed by atoms with E-state index in [1.54, 1.807) is 9.80 Å². The SMILES string of the molecule is CCCCCCN(C(=O)COC(=O)CN1CCS(=O)(=O)CC1)c1nc(-c2ccccc2)cs1. The fraction of sp³-hybridized carbons (Fsp3) is 0.522. The molecule has 3 rings (SSSR count). The average Bonchev–Trinajstić information content (AvgIpc) is 3.29. The Morgan fingerprint density at radius 1 is 1.12 bits per heavy atom. The number of benzene rings is 1. The molecule has 33 heavy (non-hydrogen) atoms. The number of hydrogen-bond acceptors (Lipinski definition) is 8. The molecule has 0 aliphatic carbocycles. The van der Waals surface area contributed by atoms with Gasteiger partial charge in [-0.15, -0.1) is 11.3 Å². The lowest BCUT2D eigenvalue weighted by Gasteiger charge is -2.25. The van der Waals surface area contributed by atoms with Crippen molar-refractivity contribution < 1.29 is 22.7 Å². The summed E-state index contributed by atoms with van der Waals surface area (Å²) in [5, 5.41) is 2.51. The number of esters is 1. The Morgan fingerprint density at radius 3 is 2.55 bits per heavy atom. The van der Waals surface area contributed by atoms with Gasteiger partial charge >= 0.3 is 5.97 Å². The zero-order valence-corrected chi connectivity index (χ0v) is 20.6. The molecule has 1 saturated heterocycles. The van der Waals surface area contributed by atoms with Gasteiger partial charge in [0.1, 0.15) is 0 Å². The number of ether oxygens (including phenoxy) is 1. The lowest BCUT2D eigenvalue weighted by molar-refractivity contribution is -0.148. The molecule has 0 spiro atoms. The molecular weight excluding hydrogens is 462 g/mol. The van der Waals surface area contributed by atoms with Crippen molar-refractivity contribution in [2.24, 2.45) is 0 Å². The van der Waals surface area contributed by atoms with Crippen LogP contribution in [-0.4, -0.2) is 74.5 Å². The van der Waals surface area contributed by atoms with Crippen LogP contribution < -0.4 is 4.90 Å². The molecule has 2 heterocycles. The molecule has 10 heteroatoms. The first-order chi connectivity index (χ1) is 15.9. The average molecular weight is 494 g/mol. The molecule has 0 saturated carbocycles. The van der Waals surface area contributed by atoms with Gasteiger partial charge in [0.05, 0.1) is 23.7 Å². The number of hydrogen-bond donors (Lipinski definition) is 0. The number of anilines is 1. The van der Waals surface area contributed by atoms with E-state index in [0.717, 1.165) is 36.9 Å². The Bertz CT molecular complexity index is 1010. The van der Waals surface area contributed by atoms with Crippen molar-refractivity contribution in [3.63, 3.8) is 0 Å². The van der Waals surface area contributed by atoms with Crippen molar-refractivity contribution in [3.05, 3.63) is 35.7 Å². The van der Waals surface area contributed by atoms with Crippen LogP contribution in [0.4, 0.5) is 5.13 Å². The monoisotopic (exact) mass is 493 g/mol. The molecule has 2 aromatic rings. The van der Waals surface area contributed by atoms with Gasteiger partial charge in [0.2, 0.25) is 0 Å². The Kier molecular flexibility index (Phi) is 9.40. The van der Waals surface area contributed by atoms with Gasteiger partial charge in [-0.1, -0.05) is 56.5 Å². The van der Waals surface area contributed by atoms with Crippen molar-refractivity contribution >= 4 is 38.2 Å². The fourth-order valence-electron chi connectivity index (χ4n) is 3.51. The maximum absolute atomic E-state index is 13.0. The predicted octanol–water partition coefficient (Wildman–Crippen LogP) is 3.00. The largest absolute Gasteiger partial charge is 0.455 e. The third-order valence-electron chi connectivity index (χ3n) is 5.48. The summed E-state index contributed by atoms with van der Waals surface area (Å²) in [6.07, 6.45) is 4.04. The van der Waals surface area contributed by atoms with Crippen LogP contribution in [0, 0.1) is 0 Å². The smallest absolute Gasteiger partial charge is 0.320 e. The second-order valence-corrected chi connectivity index (χ2v) is 11.2. The molecule has 180 valence electrons. The summed E-state index contributed by atoms with van der Waals surface area (Å²) in [5.41, 5.74) is 1.78. The molecule has 1 amide bonds. The summed E-state index contributed by atoms with van der Waals surface area (Å²) in [5.74, 6) is -0.760. The molecule has 0 atom stereocenters. The first-order valence-corrected chi connectivity index (χ1v) is 14.0. The van der Waals surface area contributed by atoms with E-state index < -0.39 is 15.8 Å². The number of nitrogens with zero attached hydrogens (tertiary/aromatic N) is 3. The van der Waals surface area contributed by atoms with Crippen LogP contribution in [0.2, 0.25) is 0 Å². The maximum Gasteiger partial charge on any atom is 0.320 e. The Hall–Kier alpha value is -2.30. The number of amides is 1. The molecule has 1 aliphatic heterocycles. The summed E-state index contributed by atoms with van der Waals surface area (Å²) in [6, 6.07) is 9.77. The molecule has 8 nitrogen and oxygen atoms in total. The third-order valence-corrected chi connectivity index (χ3v) is 7.95. The zero-order valence-electron chi connectivity index (χ0n) is 18.9. The Labute approximate surface area is 199 Å². The van der Waals surface area contributed by atoms with E-state index in [2.05, 4.69) is 11.9 Å². The topological polar surface area (TPSA) is 96.9 Å². The fourth-order valence-corrected chi connectivity index (χ4v) is 5.66. The number of carbonyl (C=O) groups excluding carboxylic acids is 2. The van der Waals surface area contributed by atoms with Crippen LogP contribution in [0.25, 0.3) is 11.3 Å². The normalized spacial score (nSPS) is 15.8. The van der Waals surface area contributed by atoms with Crippen LogP contribution >= 0.6 is 11.3 Å². The first kappa shape index (κ1) is 25.3. The first-order valence-electron chi connectivity index (χ1n) is 11.3. The minimum atomic E-state index is -3.01. The minimum absolute atomic E-state index is 0.0191. The summed E-state index contributed by atoms with van der Waals surface area (Å²) < 4.78 is 28.3. The van der Waals surface area contributed by atoms with Crippen molar-refractivity contribution in [2.75, 3.05) is 49.2 Å². The Morgan fingerprint density at radius 2 is 1.85 bits per heavy atom. The Balaban J connectivity index is 1.58. The van der Waals surface area contributed by atoms with Gasteiger partial charge in [-0.25, -0.2) is 13.4 Å². The molecular formula is C23H31N3O5S2. The van der Waals surface area contributed by atoms with Crippen LogP contribution in [0.5, 0.6) is 0 Å². The number of rotatable bonds is 11. The van der Waals surface area contributed by atoms with Crippen molar-refractivity contribution in [2.45, 2.75) is 32.6 Å². The van der Waals surface area contributed by atoms with Gasteiger partial charge in [-0.2, -0.15) is 0 Å². The van der Waals surface area contributed by atoms with E-state index in [0.29, 0.717) is 24.8 Å². The van der Waals surface area contributed by atoms with Gasteiger partial charge in [0.15, 0.2) is 21.6 Å². The molecule has 1 aromatic heterocycles. The van der Waals surface area contributed by atoms with Gasteiger partial charge < -0.3 is 4.74 Å². The zero-order chi connectivity index (χ0) is 23.7. The highest BCUT2D eigenvalue weighted by atomic mass is 32.2. The van der Waals surface area contributed by atoms with E-state index in [-0.39, 0.29) is 30.6 Å². The lowest BCUT2D eigenvalue weighted by atomic mass is 10.2. The van der Waals surface area contributed by atoms with E-state index in [9.17, 15) is 18.0 Å². The third kappa shape index (κ3) is 7.90. The van der Waals surface area contributed by atoms with Gasteiger partial charge in [0, 0.05) is 30.6 Å². The van der Waals surface area contributed by atoms with Crippen LogP contribution in [-0.2, 0) is 24.2 Å². The van der Waals surface area contributed by atoms with Crippen LogP contribution in [0.3, 0.4) is 0 Å². The van der Waals surface area contributed by atoms with Crippen molar-refractivity contribution in [1.82, 2.24) is 9.88 Å². The molecule has 1 fully saturated rings. The van der Waals surface area contributed by atoms with E-state index in [4.69, 9.17) is 4.74 Å². The minimum Gasteiger partial charge on any atom is -0.455 e. The summed E-state index contributed by atoms with van der Waals surface area (Å²) in [7, 11) is -3.01.